The molecule has 3 rings (SSSR count). The Bertz CT molecular complexity index is 688. The van der Waals surface area contributed by atoms with Crippen molar-refractivity contribution in [1.29, 1.82) is 0 Å². The lowest BCUT2D eigenvalue weighted by molar-refractivity contribution is -0.125. The number of nitrogens with zero attached hydrogens (tertiary/aromatic N) is 1. The van der Waals surface area contributed by atoms with Crippen molar-refractivity contribution in [3.05, 3.63) is 66.2 Å². The third-order valence-electron chi connectivity index (χ3n) is 4.05. The zero-order chi connectivity index (χ0) is 16.8. The Labute approximate surface area is 141 Å². The Balaban J connectivity index is 1.58. The maximum Gasteiger partial charge on any atom is 0.415 e. The smallest absolute Gasteiger partial charge is 0.410 e. The van der Waals surface area contributed by atoms with Crippen LogP contribution in [0.1, 0.15) is 18.4 Å². The zero-order valence-corrected chi connectivity index (χ0v) is 13.4. The summed E-state index contributed by atoms with van der Waals surface area (Å²) < 4.78 is 5.35. The van der Waals surface area contributed by atoms with Crippen LogP contribution in [0.5, 0.6) is 5.75 Å². The van der Waals surface area contributed by atoms with E-state index in [1.807, 2.05) is 36.4 Å². The number of hydrogen-bond acceptors (Lipinski definition) is 3. The molecule has 1 saturated heterocycles. The summed E-state index contributed by atoms with van der Waals surface area (Å²) in [6.45, 7) is 0.993. The number of amides is 2. The average Bonchev–Trinajstić information content (AvgIpc) is 3.11. The standard InChI is InChI=1S/C19H20N2O3/c22-18(20-14-15-8-3-1-4-9-15)17-12-7-13-21(17)19(23)24-16-10-5-2-6-11-16/h1-6,8-11,17H,7,12-14H2,(H,20,22)/t17-/m0/s1. The van der Waals surface area contributed by atoms with Gasteiger partial charge in [0.2, 0.25) is 5.91 Å². The van der Waals surface area contributed by atoms with Crippen LogP contribution in [0.2, 0.25) is 0 Å². The van der Waals surface area contributed by atoms with Crippen LogP contribution in [0.25, 0.3) is 0 Å². The van der Waals surface area contributed by atoms with Crippen LogP contribution in [-0.2, 0) is 11.3 Å². The van der Waals surface area contributed by atoms with E-state index in [1.54, 1.807) is 24.3 Å². The fraction of sp³-hybridized carbons (Fsp3) is 0.263. The second-order valence-electron chi connectivity index (χ2n) is 5.74. The number of carbonyl (C=O) groups is 2. The van der Waals surface area contributed by atoms with Crippen molar-refractivity contribution in [3.8, 4) is 5.75 Å². The topological polar surface area (TPSA) is 58.6 Å². The second kappa shape index (κ2) is 7.64. The molecule has 0 saturated carbocycles. The molecule has 5 heteroatoms. The van der Waals surface area contributed by atoms with Crippen LogP contribution in [0.4, 0.5) is 4.79 Å². The van der Waals surface area contributed by atoms with E-state index in [0.717, 1.165) is 12.0 Å². The van der Waals surface area contributed by atoms with Crippen molar-refractivity contribution < 1.29 is 14.3 Å². The minimum absolute atomic E-state index is 0.138. The van der Waals surface area contributed by atoms with Crippen molar-refractivity contribution in [1.82, 2.24) is 10.2 Å². The third-order valence-corrected chi connectivity index (χ3v) is 4.05. The van der Waals surface area contributed by atoms with Crippen molar-refractivity contribution >= 4 is 12.0 Å². The van der Waals surface area contributed by atoms with E-state index in [0.29, 0.717) is 25.3 Å². The molecule has 0 spiro atoms. The minimum atomic E-state index is -0.474. The number of ether oxygens (including phenoxy) is 1. The van der Waals surface area contributed by atoms with Gasteiger partial charge < -0.3 is 10.1 Å². The third kappa shape index (κ3) is 3.93. The summed E-state index contributed by atoms with van der Waals surface area (Å²) in [6, 6.07) is 18.1. The summed E-state index contributed by atoms with van der Waals surface area (Å²) in [5.41, 5.74) is 1.03. The van der Waals surface area contributed by atoms with Gasteiger partial charge in [0.25, 0.3) is 0 Å². The average molecular weight is 324 g/mol. The normalized spacial score (nSPS) is 16.7. The number of nitrogens with one attached hydrogen (secondary N) is 1. The Morgan fingerprint density at radius 1 is 1.04 bits per heavy atom. The van der Waals surface area contributed by atoms with Gasteiger partial charge in [0.15, 0.2) is 0 Å². The molecule has 1 fully saturated rings. The van der Waals surface area contributed by atoms with Gasteiger partial charge in [-0.2, -0.15) is 0 Å². The molecule has 1 aliphatic heterocycles. The molecule has 1 N–H and O–H groups in total. The highest BCUT2D eigenvalue weighted by atomic mass is 16.6. The highest BCUT2D eigenvalue weighted by Crippen LogP contribution is 2.20. The van der Waals surface area contributed by atoms with Crippen LogP contribution >= 0.6 is 0 Å². The molecule has 2 amide bonds. The van der Waals surface area contributed by atoms with Gasteiger partial charge in [-0.25, -0.2) is 4.79 Å². The Morgan fingerprint density at radius 2 is 1.71 bits per heavy atom. The summed E-state index contributed by atoms with van der Waals surface area (Å²) in [5, 5.41) is 2.90. The first-order valence-corrected chi connectivity index (χ1v) is 8.09. The number of rotatable bonds is 4. The van der Waals surface area contributed by atoms with Crippen molar-refractivity contribution in [3.63, 3.8) is 0 Å². The van der Waals surface area contributed by atoms with Crippen molar-refractivity contribution in [2.75, 3.05) is 6.54 Å². The van der Waals surface area contributed by atoms with Crippen molar-refractivity contribution in [2.24, 2.45) is 0 Å². The quantitative estimate of drug-likeness (QED) is 0.940. The largest absolute Gasteiger partial charge is 0.415 e. The summed E-state index contributed by atoms with van der Waals surface area (Å²) in [5.74, 6) is 0.346. The van der Waals surface area contributed by atoms with E-state index in [1.165, 1.54) is 4.90 Å². The van der Waals surface area contributed by atoms with Gasteiger partial charge in [0.05, 0.1) is 0 Å². The van der Waals surface area contributed by atoms with E-state index in [9.17, 15) is 9.59 Å². The highest BCUT2D eigenvalue weighted by Gasteiger charge is 2.35. The first kappa shape index (κ1) is 16.1. The van der Waals surface area contributed by atoms with Crippen molar-refractivity contribution in [2.45, 2.75) is 25.4 Å². The fourth-order valence-corrected chi connectivity index (χ4v) is 2.81. The molecular weight excluding hydrogens is 304 g/mol. The van der Waals surface area contributed by atoms with Crippen LogP contribution in [0, 0.1) is 0 Å². The Morgan fingerprint density at radius 3 is 2.42 bits per heavy atom. The van der Waals surface area contributed by atoms with Gasteiger partial charge in [0, 0.05) is 13.1 Å². The molecule has 5 nitrogen and oxygen atoms in total. The number of carbonyl (C=O) groups excluding carboxylic acids is 2. The van der Waals surface area contributed by atoms with Gasteiger partial charge >= 0.3 is 6.09 Å². The van der Waals surface area contributed by atoms with E-state index >= 15 is 0 Å². The molecule has 24 heavy (non-hydrogen) atoms. The monoisotopic (exact) mass is 324 g/mol. The predicted molar refractivity (Wildman–Crippen MR) is 90.5 cm³/mol. The number of hydrogen-bond donors (Lipinski definition) is 1. The molecule has 0 unspecified atom stereocenters. The molecule has 0 aromatic heterocycles. The molecule has 1 heterocycles. The molecule has 1 atom stereocenters. The summed E-state index contributed by atoms with van der Waals surface area (Å²) in [6.07, 6.45) is 0.983. The fourth-order valence-electron chi connectivity index (χ4n) is 2.81. The number of likely N-dealkylation sites (tertiary alicyclic amines) is 1. The van der Waals surface area contributed by atoms with E-state index in [-0.39, 0.29) is 5.91 Å². The lowest BCUT2D eigenvalue weighted by Crippen LogP contribution is -2.46. The van der Waals surface area contributed by atoms with Crippen LogP contribution in [-0.4, -0.2) is 29.5 Å². The van der Waals surface area contributed by atoms with Crippen LogP contribution < -0.4 is 10.1 Å². The maximum absolute atomic E-state index is 12.4. The second-order valence-corrected chi connectivity index (χ2v) is 5.74. The molecular formula is C19H20N2O3. The van der Waals surface area contributed by atoms with E-state index < -0.39 is 12.1 Å². The summed E-state index contributed by atoms with van der Waals surface area (Å²) in [4.78, 5) is 26.3. The summed E-state index contributed by atoms with van der Waals surface area (Å²) >= 11 is 0. The molecule has 0 bridgehead atoms. The maximum atomic E-state index is 12.4. The predicted octanol–water partition coefficient (Wildman–Crippen LogP) is 2.97. The van der Waals surface area contributed by atoms with Crippen LogP contribution in [0.15, 0.2) is 60.7 Å². The Hall–Kier alpha value is -2.82. The SMILES string of the molecule is O=C(NCc1ccccc1)[C@@H]1CCCN1C(=O)Oc1ccccc1. The zero-order valence-electron chi connectivity index (χ0n) is 13.4. The minimum Gasteiger partial charge on any atom is -0.410 e. The number of benzene rings is 2. The highest BCUT2D eigenvalue weighted by molar-refractivity contribution is 5.86. The number of para-hydroxylation sites is 1. The van der Waals surface area contributed by atoms with Gasteiger partial charge in [-0.05, 0) is 30.5 Å². The first-order chi connectivity index (χ1) is 11.7. The summed E-state index contributed by atoms with van der Waals surface area (Å²) in [7, 11) is 0. The lowest BCUT2D eigenvalue weighted by Gasteiger charge is -2.23. The first-order valence-electron chi connectivity index (χ1n) is 8.09. The Kier molecular flexibility index (Phi) is 5.11. The van der Waals surface area contributed by atoms with E-state index in [4.69, 9.17) is 4.74 Å². The van der Waals surface area contributed by atoms with Gasteiger partial charge in [-0.3, -0.25) is 9.69 Å². The molecule has 0 radical (unpaired) electrons. The van der Waals surface area contributed by atoms with Gasteiger partial charge in [-0.1, -0.05) is 48.5 Å². The van der Waals surface area contributed by atoms with Gasteiger partial charge in [-0.15, -0.1) is 0 Å². The molecule has 0 aliphatic carbocycles. The molecule has 2 aromatic carbocycles. The molecule has 124 valence electrons. The molecule has 2 aromatic rings. The van der Waals surface area contributed by atoms with E-state index in [2.05, 4.69) is 5.32 Å². The van der Waals surface area contributed by atoms with Gasteiger partial charge in [0.1, 0.15) is 11.8 Å². The lowest BCUT2D eigenvalue weighted by atomic mass is 10.2. The van der Waals surface area contributed by atoms with Crippen LogP contribution in [0.3, 0.4) is 0 Å². The molecule has 1 aliphatic rings.